The second-order valence-corrected chi connectivity index (χ2v) is 7.52. The van der Waals surface area contributed by atoms with Gasteiger partial charge in [0.2, 0.25) is 5.91 Å². The van der Waals surface area contributed by atoms with Gasteiger partial charge in [-0.05, 0) is 60.2 Å². The summed E-state index contributed by atoms with van der Waals surface area (Å²) < 4.78 is 17.2. The molecule has 3 heterocycles. The van der Waals surface area contributed by atoms with Crippen molar-refractivity contribution in [2.75, 3.05) is 12.0 Å². The molecule has 1 aromatic carbocycles. The van der Waals surface area contributed by atoms with Gasteiger partial charge in [0.1, 0.15) is 12.4 Å². The summed E-state index contributed by atoms with van der Waals surface area (Å²) in [6, 6.07) is 11.9. The Balaban J connectivity index is 1.56. The topological polar surface area (TPSA) is 64.2 Å². The maximum absolute atomic E-state index is 13.6. The van der Waals surface area contributed by atoms with Crippen LogP contribution in [0.5, 0.6) is 0 Å². The van der Waals surface area contributed by atoms with Gasteiger partial charge in [-0.1, -0.05) is 6.07 Å². The molecule has 3 aromatic heterocycles. The van der Waals surface area contributed by atoms with Gasteiger partial charge < -0.3 is 9.88 Å². The summed E-state index contributed by atoms with van der Waals surface area (Å²) in [6.45, 7) is 0.111. The van der Waals surface area contributed by atoms with Gasteiger partial charge in [0.25, 0.3) is 0 Å². The van der Waals surface area contributed by atoms with Crippen molar-refractivity contribution in [2.45, 2.75) is 19.0 Å². The van der Waals surface area contributed by atoms with E-state index in [9.17, 15) is 9.18 Å². The van der Waals surface area contributed by atoms with Crippen molar-refractivity contribution < 1.29 is 9.18 Å². The summed E-state index contributed by atoms with van der Waals surface area (Å²) in [5, 5.41) is 12.5. The third kappa shape index (κ3) is 3.73. The highest BCUT2D eigenvalue weighted by atomic mass is 32.2. The number of carbonyl (C=O) groups is 1. The highest BCUT2D eigenvalue weighted by Crippen LogP contribution is 2.20. The smallest absolute Gasteiger partial charge is 0.240 e. The summed E-state index contributed by atoms with van der Waals surface area (Å²) in [4.78, 5) is 12.8. The summed E-state index contributed by atoms with van der Waals surface area (Å²) in [7, 11) is 0. The molecule has 6 nitrogen and oxygen atoms in total. The van der Waals surface area contributed by atoms with Crippen molar-refractivity contribution in [3.8, 4) is 0 Å². The normalized spacial score (nSPS) is 12.5. The lowest BCUT2D eigenvalue weighted by Gasteiger charge is -2.17. The van der Waals surface area contributed by atoms with Crippen LogP contribution in [-0.2, 0) is 11.3 Å². The molecule has 0 aliphatic carbocycles. The number of hydrogen-bond donors (Lipinski definition) is 1. The van der Waals surface area contributed by atoms with E-state index in [0.29, 0.717) is 11.3 Å². The molecular formula is C20H20FN5OS. The quantitative estimate of drug-likeness (QED) is 0.519. The van der Waals surface area contributed by atoms with E-state index in [1.165, 1.54) is 12.1 Å². The number of fused-ring (bicyclic) bond motifs is 2. The van der Waals surface area contributed by atoms with Crippen LogP contribution in [0.2, 0.25) is 0 Å². The second-order valence-electron chi connectivity index (χ2n) is 6.54. The molecule has 0 aliphatic rings. The molecule has 0 fully saturated rings. The van der Waals surface area contributed by atoms with E-state index in [1.807, 2.05) is 41.1 Å². The third-order valence-corrected chi connectivity index (χ3v) is 5.29. The minimum Gasteiger partial charge on any atom is -0.344 e. The summed E-state index contributed by atoms with van der Waals surface area (Å²) in [5.41, 5.74) is 1.44. The molecule has 1 N–H and O–H groups in total. The van der Waals surface area contributed by atoms with Crippen molar-refractivity contribution >= 4 is 34.2 Å². The van der Waals surface area contributed by atoms with Crippen LogP contribution in [0, 0.1) is 5.82 Å². The first kappa shape index (κ1) is 18.5. The molecule has 0 spiro atoms. The molecule has 4 aromatic rings. The largest absolute Gasteiger partial charge is 0.344 e. The molecule has 1 amide bonds. The van der Waals surface area contributed by atoms with E-state index in [1.54, 1.807) is 28.6 Å². The average Bonchev–Trinajstić information content (AvgIpc) is 3.29. The molecule has 0 saturated heterocycles. The van der Waals surface area contributed by atoms with Crippen LogP contribution >= 0.6 is 11.8 Å². The summed E-state index contributed by atoms with van der Waals surface area (Å²) >= 11 is 1.71. The number of halogens is 1. The van der Waals surface area contributed by atoms with Gasteiger partial charge in [0, 0.05) is 12.4 Å². The van der Waals surface area contributed by atoms with Crippen molar-refractivity contribution in [1.29, 1.82) is 0 Å². The van der Waals surface area contributed by atoms with Crippen molar-refractivity contribution in [3.63, 3.8) is 0 Å². The monoisotopic (exact) mass is 397 g/mol. The standard InChI is InChI=1S/C20H20FN5OS/c1-28-11-8-16(20-24-23-18-4-2-3-9-26(18)20)22-19(27)13-25-10-7-14-5-6-15(21)12-17(14)25/h2-7,9-10,12,16H,8,11,13H2,1H3,(H,22,27). The minimum absolute atomic E-state index is 0.111. The second kappa shape index (κ2) is 8.02. The van der Waals surface area contributed by atoms with Crippen LogP contribution in [0.4, 0.5) is 4.39 Å². The maximum atomic E-state index is 13.6. The number of nitrogens with zero attached hydrogens (tertiary/aromatic N) is 4. The molecular weight excluding hydrogens is 377 g/mol. The van der Waals surface area contributed by atoms with Gasteiger partial charge >= 0.3 is 0 Å². The fourth-order valence-electron chi connectivity index (χ4n) is 3.29. The van der Waals surface area contributed by atoms with Gasteiger partial charge in [0.15, 0.2) is 11.5 Å². The lowest BCUT2D eigenvalue weighted by atomic mass is 10.2. The lowest BCUT2D eigenvalue weighted by molar-refractivity contribution is -0.122. The first-order valence-electron chi connectivity index (χ1n) is 8.98. The Labute approximate surface area is 165 Å². The van der Waals surface area contributed by atoms with Crippen molar-refractivity contribution in [1.82, 2.24) is 24.5 Å². The Morgan fingerprint density at radius 3 is 2.96 bits per heavy atom. The summed E-state index contributed by atoms with van der Waals surface area (Å²) in [5.74, 6) is 1.12. The number of rotatable bonds is 7. The molecule has 144 valence electrons. The molecule has 1 unspecified atom stereocenters. The Bertz CT molecular complexity index is 1120. The van der Waals surface area contributed by atoms with E-state index in [-0.39, 0.29) is 24.3 Å². The number of thioether (sulfide) groups is 1. The number of amides is 1. The first-order valence-corrected chi connectivity index (χ1v) is 10.4. The van der Waals surface area contributed by atoms with E-state index in [4.69, 9.17) is 0 Å². The number of hydrogen-bond acceptors (Lipinski definition) is 4. The lowest BCUT2D eigenvalue weighted by Crippen LogP contribution is -2.33. The number of nitrogens with one attached hydrogen (secondary N) is 1. The Hall–Kier alpha value is -2.87. The van der Waals surface area contributed by atoms with E-state index >= 15 is 0 Å². The molecule has 28 heavy (non-hydrogen) atoms. The van der Waals surface area contributed by atoms with Gasteiger partial charge in [-0.2, -0.15) is 11.8 Å². The van der Waals surface area contributed by atoms with Crippen LogP contribution in [0.15, 0.2) is 54.9 Å². The van der Waals surface area contributed by atoms with Crippen LogP contribution in [-0.4, -0.2) is 37.1 Å². The minimum atomic E-state index is -0.319. The van der Waals surface area contributed by atoms with Crippen LogP contribution in [0.3, 0.4) is 0 Å². The number of pyridine rings is 1. The van der Waals surface area contributed by atoms with E-state index < -0.39 is 0 Å². The molecule has 0 aliphatic heterocycles. The predicted molar refractivity (Wildman–Crippen MR) is 109 cm³/mol. The van der Waals surface area contributed by atoms with E-state index in [2.05, 4.69) is 15.5 Å². The molecule has 8 heteroatoms. The molecule has 1 atom stereocenters. The number of benzene rings is 1. The fraction of sp³-hybridized carbons (Fsp3) is 0.250. The zero-order valence-electron chi connectivity index (χ0n) is 15.4. The van der Waals surface area contributed by atoms with Crippen LogP contribution in [0.25, 0.3) is 16.6 Å². The molecule has 0 bridgehead atoms. The zero-order valence-corrected chi connectivity index (χ0v) is 16.2. The fourth-order valence-corrected chi connectivity index (χ4v) is 3.76. The van der Waals surface area contributed by atoms with Gasteiger partial charge in [-0.15, -0.1) is 10.2 Å². The summed E-state index contributed by atoms with van der Waals surface area (Å²) in [6.07, 6.45) is 6.46. The van der Waals surface area contributed by atoms with Crippen molar-refractivity contribution in [2.24, 2.45) is 0 Å². The van der Waals surface area contributed by atoms with Gasteiger partial charge in [-0.25, -0.2) is 4.39 Å². The SMILES string of the molecule is CSCCC(NC(=O)Cn1ccc2ccc(F)cc21)c1nnc2ccccn12. The maximum Gasteiger partial charge on any atom is 0.240 e. The first-order chi connectivity index (χ1) is 13.7. The molecule has 0 saturated carbocycles. The third-order valence-electron chi connectivity index (χ3n) is 4.65. The van der Waals surface area contributed by atoms with Gasteiger partial charge in [0.05, 0.1) is 11.6 Å². The zero-order chi connectivity index (χ0) is 19.5. The predicted octanol–water partition coefficient (Wildman–Crippen LogP) is 3.43. The van der Waals surface area contributed by atoms with E-state index in [0.717, 1.165) is 23.2 Å². The van der Waals surface area contributed by atoms with Gasteiger partial charge in [-0.3, -0.25) is 9.20 Å². The molecule has 0 radical (unpaired) electrons. The average molecular weight is 397 g/mol. The Kier molecular flexibility index (Phi) is 5.29. The van der Waals surface area contributed by atoms with Crippen molar-refractivity contribution in [3.05, 3.63) is 66.5 Å². The van der Waals surface area contributed by atoms with Crippen LogP contribution in [0.1, 0.15) is 18.3 Å². The highest BCUT2D eigenvalue weighted by Gasteiger charge is 2.20. The number of aromatic nitrogens is 4. The molecule has 4 rings (SSSR count). The highest BCUT2D eigenvalue weighted by molar-refractivity contribution is 7.98. The Morgan fingerprint density at radius 1 is 1.21 bits per heavy atom. The number of carbonyl (C=O) groups excluding carboxylic acids is 1. The van der Waals surface area contributed by atoms with Crippen LogP contribution < -0.4 is 5.32 Å². The Morgan fingerprint density at radius 2 is 2.11 bits per heavy atom.